The summed E-state index contributed by atoms with van der Waals surface area (Å²) in [7, 11) is 0. The van der Waals surface area contributed by atoms with Crippen LogP contribution in [0.5, 0.6) is 0 Å². The lowest BCUT2D eigenvalue weighted by atomic mass is 9.87. The van der Waals surface area contributed by atoms with Gasteiger partial charge in [0.2, 0.25) is 5.78 Å². The first-order valence-corrected chi connectivity index (χ1v) is 12.8. The predicted molar refractivity (Wildman–Crippen MR) is 148 cm³/mol. The van der Waals surface area contributed by atoms with Crippen molar-refractivity contribution in [3.05, 3.63) is 87.4 Å². The molecular formula is C31H28ClN3. The molecule has 35 heavy (non-hydrogen) atoms. The highest BCUT2D eigenvalue weighted by molar-refractivity contribution is 6.32. The Balaban J connectivity index is 1.73. The number of hydrogen-bond donors (Lipinski definition) is 0. The van der Waals surface area contributed by atoms with Gasteiger partial charge in [-0.3, -0.25) is 8.97 Å². The Hall–Kier alpha value is -3.30. The normalized spacial score (nSPS) is 13.8. The van der Waals surface area contributed by atoms with Crippen molar-refractivity contribution in [2.24, 2.45) is 0 Å². The van der Waals surface area contributed by atoms with E-state index < -0.39 is 0 Å². The van der Waals surface area contributed by atoms with Crippen LogP contribution in [0.15, 0.2) is 54.6 Å². The minimum absolute atomic E-state index is 0.0288. The summed E-state index contributed by atoms with van der Waals surface area (Å²) in [4.78, 5) is 5.26. The fourth-order valence-electron chi connectivity index (χ4n) is 5.92. The van der Waals surface area contributed by atoms with Gasteiger partial charge in [-0.1, -0.05) is 56.6 Å². The van der Waals surface area contributed by atoms with Crippen molar-refractivity contribution < 1.29 is 0 Å². The molecule has 0 bridgehead atoms. The molecule has 4 aromatic carbocycles. The van der Waals surface area contributed by atoms with E-state index in [1.165, 1.54) is 44.1 Å². The molecule has 0 radical (unpaired) electrons. The average molecular weight is 478 g/mol. The summed E-state index contributed by atoms with van der Waals surface area (Å²) in [5, 5.41) is 3.46. The fraction of sp³-hybridized carbons (Fsp3) is 0.258. The third-order valence-electron chi connectivity index (χ3n) is 8.02. The molecule has 0 amide bonds. The lowest BCUT2D eigenvalue weighted by molar-refractivity contribution is 0.590. The standard InChI is InChI=1S/C31H28ClN3/c1-17-6-12-26-29(18(17)2)33-30-34(23-15-11-21(16-22(23)32)31(3,4)5)24-13-9-19-7-8-20-10-14-25(35(26)30)28(24)27(19)20/h6,9-16H,7-8H2,1-5H3. The van der Waals surface area contributed by atoms with Gasteiger partial charge in [-0.05, 0) is 95.6 Å². The van der Waals surface area contributed by atoms with Crippen molar-refractivity contribution in [2.45, 2.75) is 52.9 Å². The third kappa shape index (κ3) is 2.76. The van der Waals surface area contributed by atoms with Crippen LogP contribution in [-0.2, 0) is 18.3 Å². The summed E-state index contributed by atoms with van der Waals surface area (Å²) in [6.07, 6.45) is 2.21. The quantitative estimate of drug-likeness (QED) is 0.233. The average Bonchev–Trinajstić information content (AvgIpc) is 3.42. The number of imidazole rings is 1. The molecule has 174 valence electrons. The summed E-state index contributed by atoms with van der Waals surface area (Å²) in [6, 6.07) is 20.1. The van der Waals surface area contributed by atoms with E-state index in [1.54, 1.807) is 0 Å². The number of benzene rings is 4. The molecular weight excluding hydrogens is 450 g/mol. The lowest BCUT2D eigenvalue weighted by Crippen LogP contribution is -2.12. The highest BCUT2D eigenvalue weighted by Crippen LogP contribution is 2.41. The van der Waals surface area contributed by atoms with Crippen LogP contribution >= 0.6 is 11.6 Å². The molecule has 0 fully saturated rings. The molecule has 3 nitrogen and oxygen atoms in total. The summed E-state index contributed by atoms with van der Waals surface area (Å²) < 4.78 is 4.61. The molecule has 6 aromatic rings. The van der Waals surface area contributed by atoms with Gasteiger partial charge in [0.25, 0.3) is 0 Å². The molecule has 0 spiro atoms. The molecule has 4 heteroatoms. The van der Waals surface area contributed by atoms with Crippen LogP contribution in [-0.4, -0.2) is 14.0 Å². The molecule has 7 rings (SSSR count). The van der Waals surface area contributed by atoms with Crippen LogP contribution in [0.2, 0.25) is 5.02 Å². The van der Waals surface area contributed by atoms with Crippen LogP contribution in [0.4, 0.5) is 0 Å². The van der Waals surface area contributed by atoms with Gasteiger partial charge in [0.15, 0.2) is 0 Å². The van der Waals surface area contributed by atoms with E-state index in [1.807, 2.05) is 0 Å². The van der Waals surface area contributed by atoms with E-state index in [0.29, 0.717) is 0 Å². The Morgan fingerprint density at radius 2 is 1.49 bits per heavy atom. The van der Waals surface area contributed by atoms with E-state index in [2.05, 4.69) is 98.2 Å². The van der Waals surface area contributed by atoms with Crippen molar-refractivity contribution in [1.82, 2.24) is 14.0 Å². The highest BCUT2D eigenvalue weighted by atomic mass is 35.5. The van der Waals surface area contributed by atoms with Crippen LogP contribution in [0, 0.1) is 13.8 Å². The smallest absolute Gasteiger partial charge is 0.220 e. The summed E-state index contributed by atoms with van der Waals surface area (Å²) in [5.41, 5.74) is 12.1. The highest BCUT2D eigenvalue weighted by Gasteiger charge is 2.24. The van der Waals surface area contributed by atoms with E-state index >= 15 is 0 Å². The molecule has 2 aromatic heterocycles. The summed E-state index contributed by atoms with van der Waals surface area (Å²) in [6.45, 7) is 11.0. The molecule has 0 saturated heterocycles. The Bertz CT molecular complexity index is 1850. The Morgan fingerprint density at radius 1 is 0.800 bits per heavy atom. The zero-order valence-corrected chi connectivity index (χ0v) is 21.6. The van der Waals surface area contributed by atoms with Gasteiger partial charge < -0.3 is 0 Å². The minimum Gasteiger partial charge on any atom is -0.278 e. The molecule has 0 N–H and O–H groups in total. The predicted octanol–water partition coefficient (Wildman–Crippen LogP) is 8.25. The van der Waals surface area contributed by atoms with Crippen LogP contribution in [0.1, 0.15) is 48.6 Å². The molecule has 0 unspecified atom stereocenters. The van der Waals surface area contributed by atoms with Crippen LogP contribution < -0.4 is 0 Å². The topological polar surface area (TPSA) is 22.2 Å². The third-order valence-corrected chi connectivity index (χ3v) is 8.33. The van der Waals surface area contributed by atoms with Gasteiger partial charge in [-0.2, -0.15) is 0 Å². The first-order valence-electron chi connectivity index (χ1n) is 12.4. The maximum absolute atomic E-state index is 7.05. The van der Waals surface area contributed by atoms with Gasteiger partial charge in [0.1, 0.15) is 0 Å². The summed E-state index contributed by atoms with van der Waals surface area (Å²) >= 11 is 7.05. The molecule has 0 saturated carbocycles. The number of rotatable bonds is 1. The lowest BCUT2D eigenvalue weighted by Gasteiger charge is -2.22. The number of halogens is 1. The number of aromatic nitrogens is 3. The number of fused-ring (bicyclic) bond motifs is 4. The fourth-order valence-corrected chi connectivity index (χ4v) is 6.18. The second-order valence-corrected chi connectivity index (χ2v) is 11.5. The van der Waals surface area contributed by atoms with Crippen molar-refractivity contribution >= 4 is 50.2 Å². The van der Waals surface area contributed by atoms with Crippen molar-refractivity contribution in [2.75, 3.05) is 0 Å². The Kier molecular flexibility index (Phi) is 4.14. The SMILES string of the molecule is Cc1ccc2c(nc3n(-c4ccc(C(C)(C)C)cc4Cl)c4ccc5c6c(ccc(c64)n23)CC5)c1C. The zero-order valence-electron chi connectivity index (χ0n) is 20.8. The van der Waals surface area contributed by atoms with Crippen LogP contribution in [0.25, 0.3) is 44.3 Å². The number of aryl methyl sites for hydroxylation is 4. The van der Waals surface area contributed by atoms with Crippen LogP contribution in [0.3, 0.4) is 0 Å². The summed E-state index contributed by atoms with van der Waals surface area (Å²) in [5.74, 6) is 0.896. The van der Waals surface area contributed by atoms with E-state index in [-0.39, 0.29) is 5.41 Å². The molecule has 1 aliphatic carbocycles. The first kappa shape index (κ1) is 21.0. The molecule has 0 aliphatic heterocycles. The van der Waals surface area contributed by atoms with Gasteiger partial charge in [0.05, 0.1) is 32.8 Å². The number of hydrogen-bond acceptors (Lipinski definition) is 1. The Labute approximate surface area is 210 Å². The minimum atomic E-state index is 0.0288. The monoisotopic (exact) mass is 477 g/mol. The number of nitrogens with zero attached hydrogens (tertiary/aromatic N) is 3. The maximum atomic E-state index is 7.05. The van der Waals surface area contributed by atoms with Crippen molar-refractivity contribution in [3.8, 4) is 5.69 Å². The maximum Gasteiger partial charge on any atom is 0.220 e. The molecule has 1 aliphatic rings. The Morgan fingerprint density at radius 3 is 2.17 bits per heavy atom. The zero-order chi connectivity index (χ0) is 24.2. The first-order chi connectivity index (χ1) is 16.7. The van der Waals surface area contributed by atoms with Crippen molar-refractivity contribution in [1.29, 1.82) is 0 Å². The van der Waals surface area contributed by atoms with Gasteiger partial charge in [0, 0.05) is 5.39 Å². The van der Waals surface area contributed by atoms with Gasteiger partial charge in [-0.25, -0.2) is 4.98 Å². The van der Waals surface area contributed by atoms with Crippen molar-refractivity contribution in [3.63, 3.8) is 0 Å². The van der Waals surface area contributed by atoms with E-state index in [4.69, 9.17) is 16.6 Å². The van der Waals surface area contributed by atoms with E-state index in [0.717, 1.165) is 45.9 Å². The molecule has 0 atom stereocenters. The van der Waals surface area contributed by atoms with Gasteiger partial charge in [-0.15, -0.1) is 0 Å². The second-order valence-electron chi connectivity index (χ2n) is 11.1. The molecule has 2 heterocycles. The van der Waals surface area contributed by atoms with E-state index in [9.17, 15) is 0 Å². The second kappa shape index (κ2) is 6.89. The van der Waals surface area contributed by atoms with Gasteiger partial charge >= 0.3 is 0 Å². The largest absolute Gasteiger partial charge is 0.278 e.